The smallest absolute Gasteiger partial charge is 0.213 e. The number of thiophene rings is 1. The highest BCUT2D eigenvalue weighted by atomic mass is 32.1. The molecule has 3 heteroatoms. The Morgan fingerprint density at radius 1 is 0.543 bits per heavy atom. The summed E-state index contributed by atoms with van der Waals surface area (Å²) in [5.41, 5.74) is 6.52. The van der Waals surface area contributed by atoms with E-state index in [4.69, 9.17) is 4.42 Å². The molecule has 0 spiro atoms. The first-order chi connectivity index (χ1) is 17.3. The number of fused-ring (bicyclic) bond motifs is 8. The highest BCUT2D eigenvalue weighted by Gasteiger charge is 2.18. The fraction of sp³-hybridized carbons (Fsp3) is 0. The van der Waals surface area contributed by atoms with Gasteiger partial charge >= 0.3 is 0 Å². The molecule has 0 radical (unpaired) electrons. The predicted molar refractivity (Wildman–Crippen MR) is 149 cm³/mol. The van der Waals surface area contributed by atoms with Crippen LogP contribution in [0.15, 0.2) is 120 Å². The summed E-state index contributed by atoms with van der Waals surface area (Å²) in [6, 6.07) is 41.1. The lowest BCUT2D eigenvalue weighted by Gasteiger charge is -2.08. The van der Waals surface area contributed by atoms with Crippen molar-refractivity contribution in [1.82, 2.24) is 4.57 Å². The lowest BCUT2D eigenvalue weighted by Crippen LogP contribution is -1.93. The summed E-state index contributed by atoms with van der Waals surface area (Å²) >= 11 is 1.86. The van der Waals surface area contributed by atoms with Crippen LogP contribution in [0.5, 0.6) is 0 Å². The van der Waals surface area contributed by atoms with Gasteiger partial charge in [0.2, 0.25) is 5.71 Å². The van der Waals surface area contributed by atoms with Crippen molar-refractivity contribution < 1.29 is 4.42 Å². The van der Waals surface area contributed by atoms with Gasteiger partial charge in [-0.1, -0.05) is 72.8 Å². The first-order valence-corrected chi connectivity index (χ1v) is 12.6. The van der Waals surface area contributed by atoms with Crippen molar-refractivity contribution in [3.05, 3.63) is 115 Å². The van der Waals surface area contributed by atoms with E-state index in [2.05, 4.69) is 108 Å². The average molecular weight is 466 g/mol. The van der Waals surface area contributed by atoms with Gasteiger partial charge < -0.3 is 4.42 Å². The maximum absolute atomic E-state index is 6.38. The van der Waals surface area contributed by atoms with Crippen LogP contribution in [0.25, 0.3) is 70.0 Å². The van der Waals surface area contributed by atoms with Crippen molar-refractivity contribution in [2.24, 2.45) is 0 Å². The van der Waals surface area contributed by atoms with E-state index in [0.29, 0.717) is 0 Å². The van der Waals surface area contributed by atoms with E-state index in [1.807, 2.05) is 23.5 Å². The van der Waals surface area contributed by atoms with Gasteiger partial charge in [0.15, 0.2) is 0 Å². The van der Waals surface area contributed by atoms with Crippen molar-refractivity contribution in [3.63, 3.8) is 0 Å². The molecule has 0 saturated carbocycles. The van der Waals surface area contributed by atoms with Gasteiger partial charge in [-0.3, -0.25) is 4.57 Å². The van der Waals surface area contributed by atoms with Crippen LogP contribution < -0.4 is 0 Å². The fourth-order valence-corrected chi connectivity index (χ4v) is 6.49. The molecule has 0 N–H and O–H groups in total. The largest absolute Gasteiger partial charge is 0.439 e. The minimum absolute atomic E-state index is 0.895. The van der Waals surface area contributed by atoms with E-state index in [1.165, 1.54) is 42.1 Å². The summed E-state index contributed by atoms with van der Waals surface area (Å²) in [6.07, 6.45) is 0. The molecule has 2 nitrogen and oxygen atoms in total. The van der Waals surface area contributed by atoms with Gasteiger partial charge in [-0.25, -0.2) is 0 Å². The summed E-state index contributed by atoms with van der Waals surface area (Å²) in [4.78, 5) is 0. The molecule has 164 valence electrons. The number of rotatable bonds is 2. The summed E-state index contributed by atoms with van der Waals surface area (Å²) < 4.78 is 11.3. The normalized spacial score (nSPS) is 12.0. The molecule has 0 bridgehead atoms. The van der Waals surface area contributed by atoms with E-state index >= 15 is 0 Å². The number of aromatic nitrogens is 1. The lowest BCUT2D eigenvalue weighted by atomic mass is 10.0. The van der Waals surface area contributed by atoms with E-state index < -0.39 is 0 Å². The predicted octanol–water partition coefficient (Wildman–Crippen LogP) is 9.56. The Morgan fingerprint density at radius 2 is 1.23 bits per heavy atom. The van der Waals surface area contributed by atoms with E-state index in [1.54, 1.807) is 0 Å². The molecule has 0 fully saturated rings. The van der Waals surface area contributed by atoms with Crippen molar-refractivity contribution in [2.45, 2.75) is 0 Å². The molecule has 35 heavy (non-hydrogen) atoms. The molecule has 0 aliphatic carbocycles. The molecule has 0 atom stereocenters. The van der Waals surface area contributed by atoms with Gasteiger partial charge in [0, 0.05) is 36.6 Å². The third-order valence-electron chi connectivity index (χ3n) is 7.03. The van der Waals surface area contributed by atoms with Gasteiger partial charge in [0.05, 0.1) is 10.9 Å². The quantitative estimate of drug-likeness (QED) is 0.248. The lowest BCUT2D eigenvalue weighted by molar-refractivity contribution is 0.645. The second-order valence-corrected chi connectivity index (χ2v) is 10.1. The van der Waals surface area contributed by atoms with E-state index in [-0.39, 0.29) is 0 Å². The van der Waals surface area contributed by atoms with Crippen molar-refractivity contribution >= 4 is 64.5 Å². The zero-order valence-electron chi connectivity index (χ0n) is 18.7. The minimum atomic E-state index is 0.895. The monoisotopic (exact) mass is 465 g/mol. The maximum Gasteiger partial charge on any atom is 0.213 e. The zero-order chi connectivity index (χ0) is 22.9. The number of para-hydroxylation sites is 2. The molecule has 8 rings (SSSR count). The Bertz CT molecular complexity index is 2050. The van der Waals surface area contributed by atoms with Crippen LogP contribution in [0.3, 0.4) is 0 Å². The Balaban J connectivity index is 1.30. The molecule has 0 amide bonds. The molecular weight excluding hydrogens is 446 g/mol. The van der Waals surface area contributed by atoms with E-state index in [9.17, 15) is 0 Å². The van der Waals surface area contributed by atoms with Crippen LogP contribution in [0.4, 0.5) is 0 Å². The van der Waals surface area contributed by atoms with Gasteiger partial charge in [-0.2, -0.15) is 0 Å². The Labute approximate surface area is 205 Å². The topological polar surface area (TPSA) is 18.1 Å². The van der Waals surface area contributed by atoms with E-state index in [0.717, 1.165) is 27.9 Å². The number of furan rings is 1. The SMILES string of the molecule is c1ccc2c(c1)oc1c2c2ccccc2n1-c1ccc(-c2ccc3sc4ccccc4c3c2)cc1. The number of benzene rings is 5. The standard InChI is InChI=1S/C32H19NOS/c1-4-10-27-24(8-1)31-25-9-2-5-11-28(25)34-32(31)33(27)22-16-13-20(14-17-22)21-15-18-30-26(19-21)23-7-3-6-12-29(23)35-30/h1-19H. The second-order valence-electron chi connectivity index (χ2n) is 8.99. The van der Waals surface area contributed by atoms with Crippen LogP contribution in [-0.4, -0.2) is 4.57 Å². The summed E-state index contributed by atoms with van der Waals surface area (Å²) in [6.45, 7) is 0. The van der Waals surface area contributed by atoms with Gasteiger partial charge in [0.1, 0.15) is 5.58 Å². The minimum Gasteiger partial charge on any atom is -0.439 e. The molecular formula is C32H19NOS. The molecule has 0 aliphatic heterocycles. The highest BCUT2D eigenvalue weighted by molar-refractivity contribution is 7.25. The Morgan fingerprint density at radius 3 is 2.11 bits per heavy atom. The Hall–Kier alpha value is -4.34. The molecule has 5 aromatic carbocycles. The van der Waals surface area contributed by atoms with Gasteiger partial charge in [-0.15, -0.1) is 11.3 Å². The molecule has 8 aromatic rings. The highest BCUT2D eigenvalue weighted by Crippen LogP contribution is 2.40. The molecule has 0 unspecified atom stereocenters. The third kappa shape index (κ3) is 2.70. The third-order valence-corrected chi connectivity index (χ3v) is 8.18. The van der Waals surface area contributed by atoms with Crippen LogP contribution in [0.1, 0.15) is 0 Å². The fourth-order valence-electron chi connectivity index (χ4n) is 5.40. The van der Waals surface area contributed by atoms with Crippen LogP contribution in [0.2, 0.25) is 0 Å². The Kier molecular flexibility index (Phi) is 3.85. The average Bonchev–Trinajstić information content (AvgIpc) is 3.57. The second kappa shape index (κ2) is 7.08. The maximum atomic E-state index is 6.38. The summed E-state index contributed by atoms with van der Waals surface area (Å²) in [5.74, 6) is 0. The van der Waals surface area contributed by atoms with Crippen LogP contribution >= 0.6 is 11.3 Å². The van der Waals surface area contributed by atoms with Crippen molar-refractivity contribution in [3.8, 4) is 16.8 Å². The van der Waals surface area contributed by atoms with Crippen molar-refractivity contribution in [2.75, 3.05) is 0 Å². The van der Waals surface area contributed by atoms with Gasteiger partial charge in [-0.05, 0) is 53.6 Å². The summed E-state index contributed by atoms with van der Waals surface area (Å²) in [5, 5.41) is 6.20. The molecule has 0 saturated heterocycles. The zero-order valence-corrected chi connectivity index (χ0v) is 19.5. The number of hydrogen-bond donors (Lipinski definition) is 0. The molecule has 3 heterocycles. The van der Waals surface area contributed by atoms with Crippen LogP contribution in [-0.2, 0) is 0 Å². The first-order valence-electron chi connectivity index (χ1n) is 11.8. The van der Waals surface area contributed by atoms with Crippen LogP contribution in [0, 0.1) is 0 Å². The number of hydrogen-bond acceptors (Lipinski definition) is 2. The molecule has 3 aromatic heterocycles. The number of nitrogens with zero attached hydrogens (tertiary/aromatic N) is 1. The molecule has 0 aliphatic rings. The van der Waals surface area contributed by atoms with Gasteiger partial charge in [0.25, 0.3) is 0 Å². The summed E-state index contributed by atoms with van der Waals surface area (Å²) in [7, 11) is 0. The van der Waals surface area contributed by atoms with Crippen molar-refractivity contribution in [1.29, 1.82) is 0 Å². The first kappa shape index (κ1) is 19.0.